The number of benzene rings is 1. The number of hydrogen-bond acceptors (Lipinski definition) is 1. The number of fused-ring (bicyclic) bond motifs is 1. The van der Waals surface area contributed by atoms with Crippen LogP contribution in [-0.2, 0) is 6.42 Å². The normalized spacial score (nSPS) is 10.4. The van der Waals surface area contributed by atoms with Crippen LogP contribution in [0.15, 0.2) is 30.5 Å². The summed E-state index contributed by atoms with van der Waals surface area (Å²) in [6.45, 7) is 5.00. The number of hydrogen-bond donors (Lipinski definition) is 1. The highest BCUT2D eigenvalue weighted by Crippen LogP contribution is 2.17. The van der Waals surface area contributed by atoms with Crippen molar-refractivity contribution in [1.82, 2.24) is 9.88 Å². The van der Waals surface area contributed by atoms with Crippen molar-refractivity contribution >= 4 is 18.7 Å². The lowest BCUT2D eigenvalue weighted by molar-refractivity contribution is 0.394. The van der Waals surface area contributed by atoms with E-state index in [1.165, 1.54) is 16.5 Å². The van der Waals surface area contributed by atoms with Crippen LogP contribution in [0.2, 0.25) is 0 Å². The maximum Gasteiger partial charge on any atom is 0.0863 e. The minimum Gasteiger partial charge on any atom is -0.361 e. The van der Waals surface area contributed by atoms with E-state index in [1.807, 2.05) is 20.9 Å². The Morgan fingerprint density at radius 3 is 2.65 bits per heavy atom. The average Bonchev–Trinajstić information content (AvgIpc) is 2.81. The lowest BCUT2D eigenvalue weighted by atomic mass is 10.1. The summed E-state index contributed by atoms with van der Waals surface area (Å²) in [5, 5.41) is 1.32. The van der Waals surface area contributed by atoms with Gasteiger partial charge in [-0.2, -0.15) is 0 Å². The van der Waals surface area contributed by atoms with Crippen LogP contribution in [0.4, 0.5) is 0 Å². The molecular formula is C14H21BN2. The monoisotopic (exact) mass is 228 g/mol. The van der Waals surface area contributed by atoms with Crippen LogP contribution in [0.3, 0.4) is 0 Å². The molecule has 2 nitrogen and oxygen atoms in total. The second-order valence-electron chi connectivity index (χ2n) is 3.87. The molecule has 2 radical (unpaired) electrons. The molecule has 0 saturated heterocycles. The van der Waals surface area contributed by atoms with E-state index in [1.54, 1.807) is 0 Å². The number of nitrogens with zero attached hydrogens (tertiary/aromatic N) is 1. The van der Waals surface area contributed by atoms with E-state index in [0.717, 1.165) is 13.0 Å². The van der Waals surface area contributed by atoms with Crippen LogP contribution in [0.25, 0.3) is 10.9 Å². The van der Waals surface area contributed by atoms with Crippen molar-refractivity contribution < 1.29 is 0 Å². The fraction of sp³-hybridized carbons (Fsp3) is 0.429. The Morgan fingerprint density at radius 1 is 1.24 bits per heavy atom. The fourth-order valence-electron chi connectivity index (χ4n) is 1.74. The molecule has 2 aromatic rings. The number of likely N-dealkylation sites (N-methyl/N-ethyl adjacent to an activating group) is 1. The molecule has 0 aliphatic rings. The van der Waals surface area contributed by atoms with Crippen LogP contribution in [-0.4, -0.2) is 37.8 Å². The maximum absolute atomic E-state index is 5.54. The van der Waals surface area contributed by atoms with Gasteiger partial charge in [-0.3, -0.25) is 0 Å². The van der Waals surface area contributed by atoms with Gasteiger partial charge in [0.2, 0.25) is 0 Å². The molecule has 0 amide bonds. The van der Waals surface area contributed by atoms with E-state index >= 15 is 0 Å². The second-order valence-corrected chi connectivity index (χ2v) is 3.87. The Balaban J connectivity index is 0.000000686. The fourth-order valence-corrected chi connectivity index (χ4v) is 1.74. The summed E-state index contributed by atoms with van der Waals surface area (Å²) in [6.07, 6.45) is 3.75. The number of aromatic amines is 1. The Bertz CT molecular complexity index is 436. The summed E-state index contributed by atoms with van der Waals surface area (Å²) in [5.41, 5.74) is 2.58. The van der Waals surface area contributed by atoms with Gasteiger partial charge in [0.1, 0.15) is 0 Å². The van der Waals surface area contributed by atoms with Gasteiger partial charge in [-0.25, -0.2) is 0 Å². The van der Waals surface area contributed by atoms with Crippen molar-refractivity contribution in [3.8, 4) is 0 Å². The van der Waals surface area contributed by atoms with Crippen LogP contribution in [0.5, 0.6) is 0 Å². The number of aromatic nitrogens is 1. The SMILES string of the molecule is CC.[B]CN(C)CCc1c[nH]c2ccccc12. The molecule has 90 valence electrons. The predicted molar refractivity (Wildman–Crippen MR) is 76.6 cm³/mol. The van der Waals surface area contributed by atoms with E-state index in [9.17, 15) is 0 Å². The molecule has 0 aliphatic carbocycles. The highest BCUT2D eigenvalue weighted by Gasteiger charge is 2.03. The highest BCUT2D eigenvalue weighted by atomic mass is 15.1. The van der Waals surface area contributed by atoms with Crippen LogP contribution in [0.1, 0.15) is 19.4 Å². The first-order valence-corrected chi connectivity index (χ1v) is 6.25. The third-order valence-corrected chi connectivity index (χ3v) is 2.75. The van der Waals surface area contributed by atoms with E-state index in [2.05, 4.69) is 40.3 Å². The van der Waals surface area contributed by atoms with E-state index in [0.29, 0.717) is 6.44 Å². The summed E-state index contributed by atoms with van der Waals surface area (Å²) in [7, 11) is 7.58. The molecule has 1 N–H and O–H groups in total. The Kier molecular flexibility index (Phi) is 5.85. The molecule has 0 saturated carbocycles. The number of rotatable bonds is 4. The molecular weight excluding hydrogens is 207 g/mol. The summed E-state index contributed by atoms with van der Waals surface area (Å²) in [5.74, 6) is 0. The predicted octanol–water partition coefficient (Wildman–Crippen LogP) is 2.79. The van der Waals surface area contributed by atoms with Crippen molar-refractivity contribution in [3.63, 3.8) is 0 Å². The van der Waals surface area contributed by atoms with Gasteiger partial charge in [-0.15, -0.1) is 0 Å². The molecule has 0 fully saturated rings. The van der Waals surface area contributed by atoms with Crippen LogP contribution in [0, 0.1) is 0 Å². The van der Waals surface area contributed by atoms with Crippen molar-refractivity contribution in [2.45, 2.75) is 20.3 Å². The summed E-state index contributed by atoms with van der Waals surface area (Å²) < 4.78 is 0. The lowest BCUT2D eigenvalue weighted by Gasteiger charge is -2.13. The summed E-state index contributed by atoms with van der Waals surface area (Å²) in [4.78, 5) is 5.39. The molecule has 1 heterocycles. The summed E-state index contributed by atoms with van der Waals surface area (Å²) >= 11 is 0. The zero-order valence-corrected chi connectivity index (χ0v) is 11.0. The third-order valence-electron chi connectivity index (χ3n) is 2.75. The Morgan fingerprint density at radius 2 is 1.94 bits per heavy atom. The first kappa shape index (κ1) is 13.8. The minimum atomic E-state index is 0.613. The van der Waals surface area contributed by atoms with Gasteiger partial charge in [0, 0.05) is 23.6 Å². The molecule has 0 unspecified atom stereocenters. The Labute approximate surface area is 105 Å². The summed E-state index contributed by atoms with van der Waals surface area (Å²) in [6, 6.07) is 8.38. The first-order valence-electron chi connectivity index (χ1n) is 6.25. The second kappa shape index (κ2) is 7.18. The van der Waals surface area contributed by atoms with Gasteiger partial charge in [-0.1, -0.05) is 32.0 Å². The van der Waals surface area contributed by atoms with Crippen LogP contribution < -0.4 is 0 Å². The van der Waals surface area contributed by atoms with Gasteiger partial charge in [-0.05, 0) is 31.5 Å². The van der Waals surface area contributed by atoms with Gasteiger partial charge >= 0.3 is 0 Å². The van der Waals surface area contributed by atoms with E-state index in [-0.39, 0.29) is 0 Å². The lowest BCUT2D eigenvalue weighted by Crippen LogP contribution is -2.22. The molecule has 0 bridgehead atoms. The largest absolute Gasteiger partial charge is 0.361 e. The number of para-hydroxylation sites is 1. The van der Waals surface area contributed by atoms with Gasteiger partial charge < -0.3 is 9.88 Å². The smallest absolute Gasteiger partial charge is 0.0863 e. The molecule has 0 aliphatic heterocycles. The molecule has 2 rings (SSSR count). The molecule has 1 aromatic heterocycles. The molecule has 0 spiro atoms. The maximum atomic E-state index is 5.54. The highest BCUT2D eigenvalue weighted by molar-refractivity contribution is 6.08. The van der Waals surface area contributed by atoms with Crippen molar-refractivity contribution in [1.29, 1.82) is 0 Å². The zero-order valence-electron chi connectivity index (χ0n) is 11.0. The zero-order chi connectivity index (χ0) is 12.7. The van der Waals surface area contributed by atoms with Gasteiger partial charge in [0.25, 0.3) is 0 Å². The van der Waals surface area contributed by atoms with Crippen molar-refractivity contribution in [2.75, 3.05) is 20.0 Å². The van der Waals surface area contributed by atoms with Gasteiger partial charge in [0.15, 0.2) is 0 Å². The first-order chi connectivity index (χ1) is 8.31. The Hall–Kier alpha value is -1.22. The quantitative estimate of drug-likeness (QED) is 0.797. The minimum absolute atomic E-state index is 0.613. The third kappa shape index (κ3) is 3.63. The van der Waals surface area contributed by atoms with Crippen molar-refractivity contribution in [3.05, 3.63) is 36.0 Å². The molecule has 0 atom stereocenters. The molecule has 17 heavy (non-hydrogen) atoms. The van der Waals surface area contributed by atoms with Crippen LogP contribution >= 0.6 is 0 Å². The van der Waals surface area contributed by atoms with Crippen molar-refractivity contribution in [2.24, 2.45) is 0 Å². The van der Waals surface area contributed by atoms with Gasteiger partial charge in [0.05, 0.1) is 7.85 Å². The topological polar surface area (TPSA) is 19.0 Å². The average molecular weight is 228 g/mol. The number of H-pyrrole nitrogens is 1. The molecule has 3 heteroatoms. The number of nitrogens with one attached hydrogen (secondary N) is 1. The van der Waals surface area contributed by atoms with E-state index < -0.39 is 0 Å². The molecule has 1 aromatic carbocycles. The van der Waals surface area contributed by atoms with E-state index in [4.69, 9.17) is 7.85 Å². The standard InChI is InChI=1S/C12H15BN2.C2H6/c1-15(9-13)7-6-10-8-14-12-5-3-2-4-11(10)12;1-2/h2-5,8,14H,6-7,9H2,1H3;1-2H3.